The molecule has 0 saturated heterocycles. The average Bonchev–Trinajstić information content (AvgIpc) is 3.44. The molecule has 3 heterocycles. The van der Waals surface area contributed by atoms with Crippen LogP contribution in [0.3, 0.4) is 0 Å². The minimum absolute atomic E-state index is 0.0568. The number of hydrogen-bond donors (Lipinski definition) is 2. The van der Waals surface area contributed by atoms with Gasteiger partial charge in [0.2, 0.25) is 5.91 Å². The third-order valence-corrected chi connectivity index (χ3v) is 6.65. The van der Waals surface area contributed by atoms with Crippen molar-refractivity contribution in [1.82, 2.24) is 20.2 Å². The first-order chi connectivity index (χ1) is 17.7. The number of aromatic nitrogens is 2. The number of para-hydroxylation sites is 1. The Kier molecular flexibility index (Phi) is 5.54. The van der Waals surface area contributed by atoms with Gasteiger partial charge in [0, 0.05) is 28.2 Å². The molecule has 0 saturated carbocycles. The molecule has 3 aromatic carbocycles. The first kappa shape index (κ1) is 21.8. The fraction of sp³-hybridized carbons (Fsp3) is 0.100. The molecule has 36 heavy (non-hydrogen) atoms. The van der Waals surface area contributed by atoms with E-state index >= 15 is 0 Å². The molecule has 6 nitrogen and oxygen atoms in total. The number of carbonyl (C=O) groups is 2. The van der Waals surface area contributed by atoms with Crippen LogP contribution in [-0.4, -0.2) is 33.2 Å². The van der Waals surface area contributed by atoms with Crippen LogP contribution >= 0.6 is 0 Å². The summed E-state index contributed by atoms with van der Waals surface area (Å²) in [5.41, 5.74) is 6.26. The van der Waals surface area contributed by atoms with Crippen molar-refractivity contribution in [3.63, 3.8) is 0 Å². The number of nitrogens with zero attached hydrogens (tertiary/aromatic N) is 2. The van der Waals surface area contributed by atoms with Crippen molar-refractivity contribution in [2.24, 2.45) is 0 Å². The zero-order chi connectivity index (χ0) is 24.5. The van der Waals surface area contributed by atoms with Crippen molar-refractivity contribution < 1.29 is 9.59 Å². The fourth-order valence-electron chi connectivity index (χ4n) is 5.03. The lowest BCUT2D eigenvalue weighted by molar-refractivity contribution is -0.122. The van der Waals surface area contributed by atoms with Gasteiger partial charge in [-0.3, -0.25) is 14.6 Å². The topological polar surface area (TPSA) is 78.1 Å². The second-order valence-corrected chi connectivity index (χ2v) is 8.85. The Hall–Kier alpha value is -4.71. The Bertz CT molecular complexity index is 1560. The summed E-state index contributed by atoms with van der Waals surface area (Å²) >= 11 is 0. The van der Waals surface area contributed by atoms with Crippen LogP contribution in [0.15, 0.2) is 103 Å². The van der Waals surface area contributed by atoms with Gasteiger partial charge in [-0.05, 0) is 35.4 Å². The van der Waals surface area contributed by atoms with Gasteiger partial charge in [0.1, 0.15) is 6.54 Å². The standard InChI is InChI=1S/C30H24N4O2/c35-26(32-18-21-12-8-9-17-31-21)19-34-29(22-13-4-5-14-23(22)30(34)36)27-24-15-6-7-16-25(24)33-28(27)20-10-2-1-3-11-20/h1-17,29,33H,18-19H2,(H,32,35)/t29-/m1/s1. The summed E-state index contributed by atoms with van der Waals surface area (Å²) in [7, 11) is 0. The number of pyridine rings is 1. The van der Waals surface area contributed by atoms with Crippen LogP contribution in [-0.2, 0) is 11.3 Å². The minimum Gasteiger partial charge on any atom is -0.354 e. The summed E-state index contributed by atoms with van der Waals surface area (Å²) in [6, 6.07) is 31.0. The molecular formula is C30H24N4O2. The Labute approximate surface area is 208 Å². The second-order valence-electron chi connectivity index (χ2n) is 8.85. The van der Waals surface area contributed by atoms with Crippen LogP contribution in [0.4, 0.5) is 0 Å². The van der Waals surface area contributed by atoms with E-state index in [4.69, 9.17) is 0 Å². The molecular weight excluding hydrogens is 448 g/mol. The molecule has 2 N–H and O–H groups in total. The second kappa shape index (κ2) is 9.15. The van der Waals surface area contributed by atoms with Crippen molar-refractivity contribution in [2.45, 2.75) is 12.6 Å². The zero-order valence-corrected chi connectivity index (χ0v) is 19.5. The van der Waals surface area contributed by atoms with Gasteiger partial charge in [-0.2, -0.15) is 0 Å². The van der Waals surface area contributed by atoms with Gasteiger partial charge in [-0.1, -0.05) is 72.8 Å². The quantitative estimate of drug-likeness (QED) is 0.361. The number of aromatic amines is 1. The van der Waals surface area contributed by atoms with E-state index in [-0.39, 0.29) is 18.4 Å². The highest BCUT2D eigenvalue weighted by Crippen LogP contribution is 2.45. The third kappa shape index (κ3) is 3.82. The zero-order valence-electron chi connectivity index (χ0n) is 19.5. The van der Waals surface area contributed by atoms with Gasteiger partial charge in [0.25, 0.3) is 5.91 Å². The Balaban J connectivity index is 1.43. The molecule has 0 radical (unpaired) electrons. The maximum atomic E-state index is 13.6. The average molecular weight is 473 g/mol. The number of nitrogens with one attached hydrogen (secondary N) is 2. The highest BCUT2D eigenvalue weighted by molar-refractivity contribution is 6.03. The predicted molar refractivity (Wildman–Crippen MR) is 139 cm³/mol. The van der Waals surface area contributed by atoms with E-state index in [1.165, 1.54) is 0 Å². The first-order valence-corrected chi connectivity index (χ1v) is 11.9. The normalized spacial score (nSPS) is 14.7. The van der Waals surface area contributed by atoms with Crippen LogP contribution in [0, 0.1) is 0 Å². The van der Waals surface area contributed by atoms with Crippen molar-refractivity contribution in [1.29, 1.82) is 0 Å². The van der Waals surface area contributed by atoms with E-state index in [0.717, 1.165) is 39.0 Å². The van der Waals surface area contributed by atoms with Crippen molar-refractivity contribution in [3.8, 4) is 11.3 Å². The Morgan fingerprint density at radius 2 is 1.64 bits per heavy atom. The van der Waals surface area contributed by atoms with Crippen LogP contribution in [0.5, 0.6) is 0 Å². The third-order valence-electron chi connectivity index (χ3n) is 6.65. The molecule has 6 heteroatoms. The van der Waals surface area contributed by atoms with Crippen LogP contribution in [0.2, 0.25) is 0 Å². The maximum Gasteiger partial charge on any atom is 0.255 e. The summed E-state index contributed by atoms with van der Waals surface area (Å²) < 4.78 is 0. The Morgan fingerprint density at radius 1 is 0.889 bits per heavy atom. The van der Waals surface area contributed by atoms with Gasteiger partial charge in [0.15, 0.2) is 0 Å². The number of fused-ring (bicyclic) bond motifs is 2. The molecule has 2 amide bonds. The lowest BCUT2D eigenvalue weighted by Gasteiger charge is -2.26. The van der Waals surface area contributed by atoms with Crippen LogP contribution < -0.4 is 5.32 Å². The number of hydrogen-bond acceptors (Lipinski definition) is 3. The van der Waals surface area contributed by atoms with Crippen LogP contribution in [0.1, 0.15) is 33.2 Å². The molecule has 1 atom stereocenters. The molecule has 6 rings (SSSR count). The lowest BCUT2D eigenvalue weighted by atomic mass is 9.93. The van der Waals surface area contributed by atoms with Crippen molar-refractivity contribution >= 4 is 22.7 Å². The molecule has 5 aromatic rings. The van der Waals surface area contributed by atoms with E-state index in [1.807, 2.05) is 78.9 Å². The molecule has 0 unspecified atom stereocenters. The van der Waals surface area contributed by atoms with Gasteiger partial charge in [-0.25, -0.2) is 0 Å². The van der Waals surface area contributed by atoms with Gasteiger partial charge >= 0.3 is 0 Å². The molecule has 1 aliphatic rings. The van der Waals surface area contributed by atoms with E-state index in [0.29, 0.717) is 12.1 Å². The number of carbonyl (C=O) groups excluding carboxylic acids is 2. The Morgan fingerprint density at radius 3 is 2.47 bits per heavy atom. The molecule has 176 valence electrons. The van der Waals surface area contributed by atoms with E-state index < -0.39 is 6.04 Å². The number of benzene rings is 3. The monoisotopic (exact) mass is 472 g/mol. The molecule has 2 aromatic heterocycles. The number of amides is 2. The first-order valence-electron chi connectivity index (χ1n) is 11.9. The highest BCUT2D eigenvalue weighted by atomic mass is 16.2. The number of rotatable bonds is 6. The summed E-state index contributed by atoms with van der Waals surface area (Å²) in [5, 5.41) is 3.95. The highest BCUT2D eigenvalue weighted by Gasteiger charge is 2.40. The molecule has 0 aliphatic carbocycles. The largest absolute Gasteiger partial charge is 0.354 e. The van der Waals surface area contributed by atoms with Crippen molar-refractivity contribution in [2.75, 3.05) is 6.54 Å². The van der Waals surface area contributed by atoms with Gasteiger partial charge in [0.05, 0.1) is 24.0 Å². The molecule has 0 fully saturated rings. The van der Waals surface area contributed by atoms with Crippen molar-refractivity contribution in [3.05, 3.63) is 126 Å². The van der Waals surface area contributed by atoms with Crippen LogP contribution in [0.25, 0.3) is 22.2 Å². The number of H-pyrrole nitrogens is 1. The SMILES string of the molecule is O=C(CN1C(=O)c2ccccc2[C@@H]1c1c(-c2ccccc2)[nH]c2ccccc12)NCc1ccccn1. The van der Waals surface area contributed by atoms with Gasteiger partial charge < -0.3 is 15.2 Å². The molecule has 0 spiro atoms. The van der Waals surface area contributed by atoms with E-state index in [1.54, 1.807) is 11.1 Å². The summed E-state index contributed by atoms with van der Waals surface area (Å²) in [4.78, 5) is 36.2. The maximum absolute atomic E-state index is 13.6. The minimum atomic E-state index is -0.402. The summed E-state index contributed by atoms with van der Waals surface area (Å²) in [5.74, 6) is -0.374. The predicted octanol–water partition coefficient (Wildman–Crippen LogP) is 5.09. The fourth-order valence-corrected chi connectivity index (χ4v) is 5.03. The van der Waals surface area contributed by atoms with Gasteiger partial charge in [-0.15, -0.1) is 0 Å². The lowest BCUT2D eigenvalue weighted by Crippen LogP contribution is -2.39. The van der Waals surface area contributed by atoms with E-state index in [9.17, 15) is 9.59 Å². The smallest absolute Gasteiger partial charge is 0.255 e. The van der Waals surface area contributed by atoms with E-state index in [2.05, 4.69) is 33.5 Å². The summed E-state index contributed by atoms with van der Waals surface area (Å²) in [6.45, 7) is 0.250. The summed E-state index contributed by atoms with van der Waals surface area (Å²) in [6.07, 6.45) is 1.69. The molecule has 0 bridgehead atoms. The molecule has 1 aliphatic heterocycles.